The van der Waals surface area contributed by atoms with Gasteiger partial charge in [0.15, 0.2) is 0 Å². The highest BCUT2D eigenvalue weighted by Gasteiger charge is 2.20. The number of unbranched alkanes of at least 4 members (excludes halogenated alkanes) is 5. The van der Waals surface area contributed by atoms with Gasteiger partial charge in [0.05, 0.1) is 0 Å². The lowest BCUT2D eigenvalue weighted by Crippen LogP contribution is -2.10. The molecule has 26 heavy (non-hydrogen) atoms. The highest BCUT2D eigenvalue weighted by molar-refractivity contribution is 8.86. The largest absolute Gasteiger partial charge is 0.292 e. The van der Waals surface area contributed by atoms with Crippen LogP contribution in [-0.4, -0.2) is 16.4 Å². The Bertz CT molecular complexity index is 599. The summed E-state index contributed by atoms with van der Waals surface area (Å²) in [5.74, 6) is 1.22. The van der Waals surface area contributed by atoms with Crippen LogP contribution in [0, 0.1) is 0 Å². The van der Waals surface area contributed by atoms with Crippen molar-refractivity contribution >= 4 is 49.1 Å². The highest BCUT2D eigenvalue weighted by Crippen LogP contribution is 2.33. The summed E-state index contributed by atoms with van der Waals surface area (Å²) in [5.41, 5.74) is 2.44. The van der Waals surface area contributed by atoms with Crippen LogP contribution in [0.25, 0.3) is 0 Å². The second-order valence-corrected chi connectivity index (χ2v) is 9.61. The lowest BCUT2D eigenvalue weighted by atomic mass is 10.1. The van der Waals surface area contributed by atoms with E-state index in [-0.39, 0.29) is 0 Å². The molecule has 0 unspecified atom stereocenters. The summed E-state index contributed by atoms with van der Waals surface area (Å²) < 4.78 is 3.68. The van der Waals surface area contributed by atoms with E-state index in [1.165, 1.54) is 60.0 Å². The third kappa shape index (κ3) is 7.42. The minimum atomic E-state index is 1.22. The van der Waals surface area contributed by atoms with E-state index in [4.69, 9.17) is 0 Å². The monoisotopic (exact) mass is 404 g/mol. The van der Waals surface area contributed by atoms with E-state index in [1.54, 1.807) is 0 Å². The van der Waals surface area contributed by atoms with Gasteiger partial charge in [-0.15, -0.1) is 4.58 Å². The number of para-hydroxylation sites is 2. The van der Waals surface area contributed by atoms with Crippen molar-refractivity contribution in [2.75, 3.05) is 12.0 Å². The molecule has 2 aromatic rings. The molecule has 0 aliphatic heterocycles. The molecular formula is C22H30NS3+. The molecule has 0 aliphatic carbocycles. The average Bonchev–Trinajstić information content (AvgIpc) is 2.70. The van der Waals surface area contributed by atoms with Gasteiger partial charge in [0.2, 0.25) is 11.4 Å². The molecule has 2 aromatic carbocycles. The lowest BCUT2D eigenvalue weighted by Gasteiger charge is -2.07. The molecule has 0 spiro atoms. The summed E-state index contributed by atoms with van der Waals surface area (Å²) in [7, 11) is 3.89. The predicted molar refractivity (Wildman–Crippen MR) is 126 cm³/mol. The number of benzene rings is 2. The third-order valence-electron chi connectivity index (χ3n) is 4.10. The van der Waals surface area contributed by atoms with Gasteiger partial charge in [0.25, 0.3) is 4.38 Å². The molecule has 0 radical (unpaired) electrons. The molecule has 0 fully saturated rings. The molecule has 0 atom stereocenters. The van der Waals surface area contributed by atoms with Crippen molar-refractivity contribution in [3.8, 4) is 0 Å². The van der Waals surface area contributed by atoms with Gasteiger partial charge in [-0.2, -0.15) is 0 Å². The lowest BCUT2D eigenvalue weighted by molar-refractivity contribution is 0.627. The van der Waals surface area contributed by atoms with Crippen molar-refractivity contribution in [3.63, 3.8) is 0 Å². The van der Waals surface area contributed by atoms with Crippen molar-refractivity contribution in [2.24, 2.45) is 0 Å². The first-order valence-corrected chi connectivity index (χ1v) is 13.0. The van der Waals surface area contributed by atoms with Crippen molar-refractivity contribution < 1.29 is 0 Å². The molecule has 4 heteroatoms. The fraction of sp³-hybridized carbons (Fsp3) is 0.409. The van der Waals surface area contributed by atoms with Gasteiger partial charge < -0.3 is 0 Å². The van der Waals surface area contributed by atoms with Gasteiger partial charge in [0, 0.05) is 40.8 Å². The van der Waals surface area contributed by atoms with E-state index in [0.29, 0.717) is 0 Å². The Morgan fingerprint density at radius 2 is 1.31 bits per heavy atom. The van der Waals surface area contributed by atoms with E-state index in [1.807, 2.05) is 33.3 Å². The van der Waals surface area contributed by atoms with Gasteiger partial charge in [-0.1, -0.05) is 98.0 Å². The van der Waals surface area contributed by atoms with E-state index in [0.717, 1.165) is 0 Å². The SMILES string of the molecule is CCCCCCCCSSC(SC)=[N+](c1ccccc1)c1ccccc1. The summed E-state index contributed by atoms with van der Waals surface area (Å²) in [4.78, 5) is 0. The molecule has 2 rings (SSSR count). The van der Waals surface area contributed by atoms with Crippen LogP contribution in [0.2, 0.25) is 0 Å². The number of thioether (sulfide) groups is 1. The van der Waals surface area contributed by atoms with E-state index >= 15 is 0 Å². The predicted octanol–water partition coefficient (Wildman–Crippen LogP) is 7.98. The molecule has 0 bridgehead atoms. The zero-order chi connectivity index (χ0) is 18.5. The van der Waals surface area contributed by atoms with Crippen LogP contribution in [0.4, 0.5) is 11.4 Å². The van der Waals surface area contributed by atoms with E-state index in [2.05, 4.69) is 78.4 Å². The van der Waals surface area contributed by atoms with Crippen molar-refractivity contribution in [3.05, 3.63) is 60.7 Å². The molecule has 0 saturated heterocycles. The van der Waals surface area contributed by atoms with Gasteiger partial charge in [-0.25, -0.2) is 0 Å². The van der Waals surface area contributed by atoms with Crippen LogP contribution in [0.3, 0.4) is 0 Å². The summed E-state index contributed by atoms with van der Waals surface area (Å²) >= 11 is 1.83. The van der Waals surface area contributed by atoms with Crippen LogP contribution in [0.15, 0.2) is 60.7 Å². The Labute approximate surface area is 171 Å². The quantitative estimate of drug-likeness (QED) is 0.130. The van der Waals surface area contributed by atoms with Crippen molar-refractivity contribution in [2.45, 2.75) is 45.4 Å². The maximum atomic E-state index is 2.36. The highest BCUT2D eigenvalue weighted by atomic mass is 33.1. The molecule has 140 valence electrons. The smallest absolute Gasteiger partial charge is 0.142 e. The Hall–Kier alpha value is -0.840. The Morgan fingerprint density at radius 1 is 0.769 bits per heavy atom. The van der Waals surface area contributed by atoms with Gasteiger partial charge in [-0.3, -0.25) is 0 Å². The van der Waals surface area contributed by atoms with Gasteiger partial charge in [0.1, 0.15) is 0 Å². The number of nitrogens with zero attached hydrogens (tertiary/aromatic N) is 1. The summed E-state index contributed by atoms with van der Waals surface area (Å²) in [6.45, 7) is 2.28. The molecule has 0 N–H and O–H groups in total. The van der Waals surface area contributed by atoms with Crippen LogP contribution >= 0.6 is 33.3 Å². The summed E-state index contributed by atoms with van der Waals surface area (Å²) in [5, 5.41) is 0. The van der Waals surface area contributed by atoms with Crippen molar-refractivity contribution in [1.82, 2.24) is 4.58 Å². The summed E-state index contributed by atoms with van der Waals surface area (Å²) in [6, 6.07) is 21.3. The zero-order valence-corrected chi connectivity index (χ0v) is 18.3. The van der Waals surface area contributed by atoms with E-state index < -0.39 is 0 Å². The van der Waals surface area contributed by atoms with Crippen LogP contribution in [0.5, 0.6) is 0 Å². The van der Waals surface area contributed by atoms with E-state index in [9.17, 15) is 0 Å². The number of rotatable bonds is 10. The van der Waals surface area contributed by atoms with Gasteiger partial charge >= 0.3 is 0 Å². The molecule has 0 amide bonds. The maximum absolute atomic E-state index is 2.36. The first-order chi connectivity index (χ1) is 12.9. The fourth-order valence-electron chi connectivity index (χ4n) is 2.71. The first kappa shape index (κ1) is 21.5. The average molecular weight is 405 g/mol. The van der Waals surface area contributed by atoms with Crippen LogP contribution in [-0.2, 0) is 0 Å². The molecule has 0 heterocycles. The molecule has 0 aliphatic rings. The fourth-order valence-corrected chi connectivity index (χ4v) is 6.34. The molecular weight excluding hydrogens is 374 g/mol. The number of hydrogen-bond donors (Lipinski definition) is 0. The molecule has 0 aromatic heterocycles. The summed E-state index contributed by atoms with van der Waals surface area (Å²) in [6.07, 6.45) is 10.3. The first-order valence-electron chi connectivity index (χ1n) is 9.47. The van der Waals surface area contributed by atoms with Crippen LogP contribution < -0.4 is 4.58 Å². The second kappa shape index (κ2) is 13.3. The second-order valence-electron chi connectivity index (χ2n) is 6.15. The Morgan fingerprint density at radius 3 is 1.85 bits per heavy atom. The molecule has 0 saturated carbocycles. The standard InChI is InChI=1S/C22H30NS3/c1-3-4-5-6-7-14-19-25-26-22(24-2)23(20-15-10-8-11-16-20)21-17-12-9-13-18-21/h8-13,15-18H,3-7,14,19H2,1-2H3/q+1. The minimum absolute atomic E-state index is 1.22. The zero-order valence-electron chi connectivity index (χ0n) is 15.9. The Kier molecular flexibility index (Phi) is 11.0. The van der Waals surface area contributed by atoms with Crippen molar-refractivity contribution in [1.29, 1.82) is 0 Å². The minimum Gasteiger partial charge on any atom is -0.142 e. The van der Waals surface area contributed by atoms with Crippen LogP contribution in [0.1, 0.15) is 45.4 Å². The normalized spacial score (nSPS) is 10.7. The molecule has 1 nitrogen and oxygen atoms in total. The number of hydrogen-bond acceptors (Lipinski definition) is 3. The Balaban J connectivity index is 2.01. The maximum Gasteiger partial charge on any atom is 0.292 e. The third-order valence-corrected chi connectivity index (χ3v) is 7.92. The topological polar surface area (TPSA) is 3.01 Å². The van der Waals surface area contributed by atoms with Gasteiger partial charge in [-0.05, 0) is 12.7 Å².